The van der Waals surface area contributed by atoms with E-state index in [-0.39, 0.29) is 26.9 Å². The topological polar surface area (TPSA) is 144 Å². The van der Waals surface area contributed by atoms with E-state index >= 15 is 0 Å². The number of carbonyl (C=O) groups excluding carboxylic acids is 2. The maximum Gasteiger partial charge on any atom is 0.287 e. The number of rotatable bonds is 6. The number of hydrogen-bond acceptors (Lipinski definition) is 8. The molecule has 0 bridgehead atoms. The van der Waals surface area contributed by atoms with Crippen LogP contribution in [0.3, 0.4) is 0 Å². The Morgan fingerprint density at radius 1 is 1.09 bits per heavy atom. The molecule has 0 saturated carbocycles. The van der Waals surface area contributed by atoms with E-state index in [4.69, 9.17) is 17.3 Å². The lowest BCUT2D eigenvalue weighted by atomic mass is 10.1. The average molecular weight is 463 g/mol. The van der Waals surface area contributed by atoms with Gasteiger partial charge in [-0.15, -0.1) is 11.3 Å². The molecule has 2 aromatic carbocycles. The predicted molar refractivity (Wildman–Crippen MR) is 125 cm³/mol. The molecule has 8 nitrogen and oxygen atoms in total. The van der Waals surface area contributed by atoms with Crippen LogP contribution in [0.1, 0.15) is 26.4 Å². The van der Waals surface area contributed by atoms with Crippen molar-refractivity contribution in [3.05, 3.63) is 75.1 Å². The number of halogens is 1. The number of nitriles is 2. The number of hydrogen-bond donors (Lipinski definition) is 3. The van der Waals surface area contributed by atoms with Crippen molar-refractivity contribution in [2.75, 3.05) is 16.5 Å². The van der Waals surface area contributed by atoms with E-state index in [2.05, 4.69) is 15.8 Å². The molecule has 0 aliphatic rings. The summed E-state index contributed by atoms with van der Waals surface area (Å²) >= 11 is 6.68. The molecule has 10 heteroatoms. The summed E-state index contributed by atoms with van der Waals surface area (Å²) in [7, 11) is 0. The fourth-order valence-corrected chi connectivity index (χ4v) is 3.74. The van der Waals surface area contributed by atoms with E-state index in [0.717, 1.165) is 16.9 Å². The molecule has 4 N–H and O–H groups in total. The van der Waals surface area contributed by atoms with Gasteiger partial charge in [-0.3, -0.25) is 15.0 Å². The van der Waals surface area contributed by atoms with E-state index in [1.807, 2.05) is 13.0 Å². The second kappa shape index (κ2) is 9.75. The van der Waals surface area contributed by atoms with Crippen molar-refractivity contribution in [2.24, 2.45) is 5.10 Å². The minimum Gasteiger partial charge on any atom is -0.396 e. The molecule has 3 aromatic rings. The number of aryl methyl sites for hydroxylation is 1. The zero-order valence-corrected chi connectivity index (χ0v) is 18.2. The number of nitrogen functional groups attached to an aromatic ring is 1. The van der Waals surface area contributed by atoms with Gasteiger partial charge in [-0.05, 0) is 31.2 Å². The number of amides is 1. The van der Waals surface area contributed by atoms with Crippen LogP contribution in [0.15, 0.2) is 53.6 Å². The summed E-state index contributed by atoms with van der Waals surface area (Å²) in [6, 6.07) is 16.9. The summed E-state index contributed by atoms with van der Waals surface area (Å²) < 4.78 is 0. The van der Waals surface area contributed by atoms with Crippen molar-refractivity contribution in [3.8, 4) is 12.1 Å². The number of nitrogens with zero attached hydrogens (tertiary/aromatic N) is 3. The van der Waals surface area contributed by atoms with Crippen LogP contribution in [-0.4, -0.2) is 17.4 Å². The lowest BCUT2D eigenvalue weighted by Gasteiger charge is -2.03. The Morgan fingerprint density at radius 3 is 2.34 bits per heavy atom. The third-order valence-electron chi connectivity index (χ3n) is 4.27. The monoisotopic (exact) mass is 462 g/mol. The Labute approximate surface area is 192 Å². The summed E-state index contributed by atoms with van der Waals surface area (Å²) in [5.41, 5.74) is 9.93. The first-order valence-electron chi connectivity index (χ1n) is 9.08. The third-order valence-corrected chi connectivity index (χ3v) is 5.64. The van der Waals surface area contributed by atoms with Gasteiger partial charge in [0.15, 0.2) is 0 Å². The highest BCUT2D eigenvalue weighted by molar-refractivity contribution is 7.19. The zero-order chi connectivity index (χ0) is 23.3. The summed E-state index contributed by atoms with van der Waals surface area (Å²) in [4.78, 5) is 25.5. The number of nitrogens with one attached hydrogen (secondary N) is 2. The van der Waals surface area contributed by atoms with Gasteiger partial charge >= 0.3 is 0 Å². The highest BCUT2D eigenvalue weighted by atomic mass is 35.5. The number of anilines is 3. The molecular formula is C22H15ClN6O2S. The van der Waals surface area contributed by atoms with Gasteiger partial charge in [0, 0.05) is 10.6 Å². The van der Waals surface area contributed by atoms with Crippen molar-refractivity contribution in [3.63, 3.8) is 0 Å². The van der Waals surface area contributed by atoms with Gasteiger partial charge in [0.25, 0.3) is 5.91 Å². The van der Waals surface area contributed by atoms with Gasteiger partial charge < -0.3 is 11.1 Å². The van der Waals surface area contributed by atoms with Crippen molar-refractivity contribution < 1.29 is 9.59 Å². The molecule has 32 heavy (non-hydrogen) atoms. The maximum absolute atomic E-state index is 12.8. The normalized spacial score (nSPS) is 10.7. The largest absolute Gasteiger partial charge is 0.396 e. The minimum absolute atomic E-state index is 0.0342. The molecule has 0 saturated heterocycles. The molecule has 0 radical (unpaired) electrons. The van der Waals surface area contributed by atoms with Crippen molar-refractivity contribution in [1.82, 2.24) is 0 Å². The summed E-state index contributed by atoms with van der Waals surface area (Å²) in [6.07, 6.45) is 0. The number of nitrogens with two attached hydrogens (primary N) is 1. The molecule has 1 amide bonds. The Balaban J connectivity index is 1.84. The molecular weight excluding hydrogens is 448 g/mol. The fraction of sp³-hybridized carbons (Fsp3) is 0.0455. The number of thiophene rings is 1. The average Bonchev–Trinajstić information content (AvgIpc) is 3.10. The molecule has 0 unspecified atom stereocenters. The second-order valence-electron chi connectivity index (χ2n) is 6.50. The molecule has 158 valence electrons. The van der Waals surface area contributed by atoms with E-state index < -0.39 is 11.6 Å². The molecule has 0 spiro atoms. The lowest BCUT2D eigenvalue weighted by molar-refractivity contribution is -0.110. The van der Waals surface area contributed by atoms with Gasteiger partial charge in [0.2, 0.25) is 11.5 Å². The minimum atomic E-state index is -0.860. The molecule has 0 aliphatic heterocycles. The van der Waals surface area contributed by atoms with Crippen LogP contribution in [0, 0.1) is 29.6 Å². The second-order valence-corrected chi connectivity index (χ2v) is 7.96. The lowest BCUT2D eigenvalue weighted by Crippen LogP contribution is -2.22. The molecule has 0 fully saturated rings. The first-order chi connectivity index (χ1) is 15.3. The number of carbonyl (C=O) groups is 2. The molecule has 0 aliphatic carbocycles. The van der Waals surface area contributed by atoms with E-state index in [1.165, 1.54) is 0 Å². The highest BCUT2D eigenvalue weighted by Crippen LogP contribution is 2.36. The first-order valence-corrected chi connectivity index (χ1v) is 10.3. The number of hydrazone groups is 1. The summed E-state index contributed by atoms with van der Waals surface area (Å²) in [5.74, 6) is -1.23. The van der Waals surface area contributed by atoms with Crippen molar-refractivity contribution in [1.29, 1.82) is 10.5 Å². The van der Waals surface area contributed by atoms with E-state index in [1.54, 1.807) is 54.6 Å². The van der Waals surface area contributed by atoms with E-state index in [0.29, 0.717) is 16.3 Å². The van der Waals surface area contributed by atoms with Gasteiger partial charge in [-0.1, -0.05) is 41.4 Å². The predicted octanol–water partition coefficient (Wildman–Crippen LogP) is 4.32. The van der Waals surface area contributed by atoms with Crippen LogP contribution >= 0.6 is 22.9 Å². The molecule has 3 rings (SSSR count). The third kappa shape index (κ3) is 4.93. The Hall–Kier alpha value is -4.18. The quantitative estimate of drug-likeness (QED) is 0.282. The van der Waals surface area contributed by atoms with Crippen LogP contribution in [-0.2, 0) is 4.79 Å². The van der Waals surface area contributed by atoms with Crippen molar-refractivity contribution >= 4 is 56.7 Å². The smallest absolute Gasteiger partial charge is 0.287 e. The maximum atomic E-state index is 12.8. The van der Waals surface area contributed by atoms with Gasteiger partial charge in [0.1, 0.15) is 27.6 Å². The Morgan fingerprint density at radius 2 is 1.75 bits per heavy atom. The summed E-state index contributed by atoms with van der Waals surface area (Å²) in [6.45, 7) is 1.89. The highest BCUT2D eigenvalue weighted by Gasteiger charge is 2.24. The van der Waals surface area contributed by atoms with Crippen molar-refractivity contribution in [2.45, 2.75) is 6.92 Å². The van der Waals surface area contributed by atoms with Crippen LogP contribution in [0.5, 0.6) is 0 Å². The molecule has 1 aromatic heterocycles. The van der Waals surface area contributed by atoms with Crippen LogP contribution < -0.4 is 16.5 Å². The Kier molecular flexibility index (Phi) is 6.86. The van der Waals surface area contributed by atoms with E-state index in [9.17, 15) is 20.1 Å². The fourth-order valence-electron chi connectivity index (χ4n) is 2.58. The van der Waals surface area contributed by atoms with Gasteiger partial charge in [-0.2, -0.15) is 15.6 Å². The number of ketones is 1. The van der Waals surface area contributed by atoms with Crippen LogP contribution in [0.2, 0.25) is 5.02 Å². The summed E-state index contributed by atoms with van der Waals surface area (Å²) in [5, 5.41) is 25.6. The standard InChI is InChI=1S/C22H15ClN6O2S/c1-12-2-4-13(5-3-12)19(30)20-18(26)16(10-24)22(32-20)27-21(31)17(11-25)29-28-15-8-6-14(23)7-9-15/h2-9,28H,26H2,1H3,(H,27,31). The van der Waals surface area contributed by atoms with Crippen LogP contribution in [0.4, 0.5) is 16.4 Å². The van der Waals surface area contributed by atoms with Gasteiger partial charge in [-0.25, -0.2) is 0 Å². The van der Waals surface area contributed by atoms with Crippen LogP contribution in [0.25, 0.3) is 0 Å². The van der Waals surface area contributed by atoms with Gasteiger partial charge in [0.05, 0.1) is 11.4 Å². The zero-order valence-electron chi connectivity index (χ0n) is 16.6. The first kappa shape index (κ1) is 22.5. The molecule has 0 atom stereocenters. The SMILES string of the molecule is Cc1ccc(C(=O)c2sc(NC(=O)C(C#N)=NNc3ccc(Cl)cc3)c(C#N)c2N)cc1. The molecule has 1 heterocycles. The Bertz CT molecular complexity index is 1300. The number of benzene rings is 2.